The number of nitrogens with one attached hydrogen (secondary N) is 1. The van der Waals surface area contributed by atoms with Crippen molar-refractivity contribution in [1.29, 1.82) is 0 Å². The van der Waals surface area contributed by atoms with E-state index >= 15 is 0 Å². The second-order valence-electron chi connectivity index (χ2n) is 5.74. The second kappa shape index (κ2) is 8.96. The molecule has 0 amide bonds. The minimum atomic E-state index is 1.07. The first-order chi connectivity index (χ1) is 9.90. The Labute approximate surface area is 123 Å². The third kappa shape index (κ3) is 5.12. The Morgan fingerprint density at radius 1 is 1.10 bits per heavy atom. The summed E-state index contributed by atoms with van der Waals surface area (Å²) in [6, 6.07) is 6.51. The Morgan fingerprint density at radius 3 is 2.90 bits per heavy atom. The molecule has 1 aromatic rings. The van der Waals surface area contributed by atoms with Crippen molar-refractivity contribution in [3.63, 3.8) is 0 Å². The molecule has 0 aromatic carbocycles. The van der Waals surface area contributed by atoms with E-state index in [1.165, 1.54) is 50.0 Å². The van der Waals surface area contributed by atoms with Crippen LogP contribution in [0.3, 0.4) is 0 Å². The van der Waals surface area contributed by atoms with Crippen molar-refractivity contribution in [2.24, 2.45) is 0 Å². The standard InChI is InChI=1S/C17H29N3/c1-2-3-4-5-6-9-16-10-7-11-17(19-16)20-14-8-12-18-13-15-20/h7,10-11,18H,2-6,8-9,12-15H2,1H3. The van der Waals surface area contributed by atoms with Gasteiger partial charge in [0.05, 0.1) is 0 Å². The van der Waals surface area contributed by atoms with Crippen LogP contribution in [0.2, 0.25) is 0 Å². The van der Waals surface area contributed by atoms with Crippen LogP contribution >= 0.6 is 0 Å². The summed E-state index contributed by atoms with van der Waals surface area (Å²) in [5, 5.41) is 3.45. The fourth-order valence-corrected chi connectivity index (χ4v) is 2.77. The van der Waals surface area contributed by atoms with Gasteiger partial charge in [0.1, 0.15) is 5.82 Å². The lowest BCUT2D eigenvalue weighted by Crippen LogP contribution is -2.28. The third-order valence-corrected chi connectivity index (χ3v) is 3.99. The first kappa shape index (κ1) is 15.3. The first-order valence-electron chi connectivity index (χ1n) is 8.32. The lowest BCUT2D eigenvalue weighted by molar-refractivity contribution is 0.627. The van der Waals surface area contributed by atoms with Crippen LogP contribution in [-0.2, 0) is 6.42 Å². The molecule has 112 valence electrons. The minimum Gasteiger partial charge on any atom is -0.355 e. The van der Waals surface area contributed by atoms with Crippen LogP contribution < -0.4 is 10.2 Å². The number of nitrogens with zero attached hydrogens (tertiary/aromatic N) is 2. The fraction of sp³-hybridized carbons (Fsp3) is 0.706. The molecule has 0 spiro atoms. The van der Waals surface area contributed by atoms with Gasteiger partial charge in [-0.25, -0.2) is 4.98 Å². The van der Waals surface area contributed by atoms with Gasteiger partial charge in [0, 0.05) is 25.3 Å². The van der Waals surface area contributed by atoms with Gasteiger partial charge in [0.2, 0.25) is 0 Å². The van der Waals surface area contributed by atoms with E-state index in [-0.39, 0.29) is 0 Å². The number of hydrogen-bond donors (Lipinski definition) is 1. The Balaban J connectivity index is 1.83. The van der Waals surface area contributed by atoms with Crippen molar-refractivity contribution in [3.8, 4) is 0 Å². The summed E-state index contributed by atoms with van der Waals surface area (Å²) in [5.74, 6) is 1.17. The highest BCUT2D eigenvalue weighted by molar-refractivity contribution is 5.39. The van der Waals surface area contributed by atoms with Gasteiger partial charge in [-0.15, -0.1) is 0 Å². The van der Waals surface area contributed by atoms with E-state index in [1.807, 2.05) is 0 Å². The van der Waals surface area contributed by atoms with Crippen LogP contribution in [0, 0.1) is 0 Å². The van der Waals surface area contributed by atoms with Gasteiger partial charge < -0.3 is 10.2 Å². The first-order valence-corrected chi connectivity index (χ1v) is 8.32. The van der Waals surface area contributed by atoms with E-state index in [9.17, 15) is 0 Å². The maximum Gasteiger partial charge on any atom is 0.128 e. The van der Waals surface area contributed by atoms with Crippen molar-refractivity contribution in [2.45, 2.75) is 51.9 Å². The molecule has 1 aliphatic heterocycles. The SMILES string of the molecule is CCCCCCCc1cccc(N2CCCNCC2)n1. The van der Waals surface area contributed by atoms with Crippen LogP contribution in [0.25, 0.3) is 0 Å². The minimum absolute atomic E-state index is 1.07. The quantitative estimate of drug-likeness (QED) is 0.773. The van der Waals surface area contributed by atoms with Gasteiger partial charge in [0.15, 0.2) is 0 Å². The topological polar surface area (TPSA) is 28.2 Å². The second-order valence-corrected chi connectivity index (χ2v) is 5.74. The van der Waals surface area contributed by atoms with Gasteiger partial charge in [-0.1, -0.05) is 38.7 Å². The zero-order valence-corrected chi connectivity index (χ0v) is 12.9. The van der Waals surface area contributed by atoms with Gasteiger partial charge >= 0.3 is 0 Å². The number of aromatic nitrogens is 1. The van der Waals surface area contributed by atoms with Crippen molar-refractivity contribution in [3.05, 3.63) is 23.9 Å². The number of rotatable bonds is 7. The summed E-state index contributed by atoms with van der Waals surface area (Å²) in [7, 11) is 0. The average molecular weight is 275 g/mol. The van der Waals surface area contributed by atoms with Crippen LogP contribution in [0.15, 0.2) is 18.2 Å². The summed E-state index contributed by atoms with van der Waals surface area (Å²) in [6.45, 7) is 6.67. The molecule has 1 aromatic heterocycles. The zero-order valence-electron chi connectivity index (χ0n) is 12.9. The van der Waals surface area contributed by atoms with E-state index in [4.69, 9.17) is 4.98 Å². The van der Waals surface area contributed by atoms with Crippen molar-refractivity contribution in [2.75, 3.05) is 31.1 Å². The van der Waals surface area contributed by atoms with Crippen LogP contribution in [0.4, 0.5) is 5.82 Å². The number of unbranched alkanes of at least 4 members (excludes halogenated alkanes) is 4. The summed E-state index contributed by atoms with van der Waals surface area (Å²) < 4.78 is 0. The predicted molar refractivity (Wildman–Crippen MR) is 86.4 cm³/mol. The third-order valence-electron chi connectivity index (χ3n) is 3.99. The number of aryl methyl sites for hydroxylation is 1. The molecule has 1 aliphatic rings. The van der Waals surface area contributed by atoms with Crippen molar-refractivity contribution < 1.29 is 0 Å². The van der Waals surface area contributed by atoms with E-state index in [0.29, 0.717) is 0 Å². The molecular weight excluding hydrogens is 246 g/mol. The molecule has 0 aliphatic carbocycles. The maximum absolute atomic E-state index is 4.85. The fourth-order valence-electron chi connectivity index (χ4n) is 2.77. The van der Waals surface area contributed by atoms with Gasteiger partial charge in [-0.2, -0.15) is 0 Å². The van der Waals surface area contributed by atoms with Crippen LogP contribution in [0.5, 0.6) is 0 Å². The van der Waals surface area contributed by atoms with E-state index in [0.717, 1.165) is 32.6 Å². The Kier molecular flexibility index (Phi) is 6.85. The molecule has 1 N–H and O–H groups in total. The highest BCUT2D eigenvalue weighted by Crippen LogP contribution is 2.14. The van der Waals surface area contributed by atoms with Crippen LogP contribution in [0.1, 0.15) is 51.1 Å². The number of pyridine rings is 1. The molecule has 2 heterocycles. The number of anilines is 1. The average Bonchev–Trinajstić information content (AvgIpc) is 2.76. The molecule has 1 saturated heterocycles. The smallest absolute Gasteiger partial charge is 0.128 e. The van der Waals surface area contributed by atoms with E-state index in [1.54, 1.807) is 0 Å². The van der Waals surface area contributed by atoms with Crippen molar-refractivity contribution in [1.82, 2.24) is 10.3 Å². The molecule has 0 bridgehead atoms. The van der Waals surface area contributed by atoms with Crippen molar-refractivity contribution >= 4 is 5.82 Å². The van der Waals surface area contributed by atoms with Gasteiger partial charge in [-0.05, 0) is 37.9 Å². The number of hydrogen-bond acceptors (Lipinski definition) is 3. The maximum atomic E-state index is 4.85. The normalized spacial score (nSPS) is 16.1. The Morgan fingerprint density at radius 2 is 2.00 bits per heavy atom. The Hall–Kier alpha value is -1.09. The summed E-state index contributed by atoms with van der Waals surface area (Å²) in [4.78, 5) is 7.27. The molecule has 3 nitrogen and oxygen atoms in total. The monoisotopic (exact) mass is 275 g/mol. The van der Waals surface area contributed by atoms with Gasteiger partial charge in [0.25, 0.3) is 0 Å². The molecule has 0 atom stereocenters. The molecule has 0 saturated carbocycles. The lowest BCUT2D eigenvalue weighted by atomic mass is 10.1. The van der Waals surface area contributed by atoms with E-state index < -0.39 is 0 Å². The highest BCUT2D eigenvalue weighted by Gasteiger charge is 2.10. The summed E-state index contributed by atoms with van der Waals surface area (Å²) in [6.07, 6.45) is 9.01. The molecule has 2 rings (SSSR count). The molecule has 1 fully saturated rings. The summed E-state index contributed by atoms with van der Waals surface area (Å²) in [5.41, 5.74) is 1.26. The lowest BCUT2D eigenvalue weighted by Gasteiger charge is -2.21. The Bertz CT molecular complexity index is 370. The van der Waals surface area contributed by atoms with Crippen LogP contribution in [-0.4, -0.2) is 31.2 Å². The summed E-state index contributed by atoms with van der Waals surface area (Å²) >= 11 is 0. The predicted octanol–water partition coefficient (Wildman–Crippen LogP) is 3.39. The molecular formula is C17H29N3. The zero-order chi connectivity index (χ0) is 14.0. The largest absolute Gasteiger partial charge is 0.355 e. The molecule has 0 radical (unpaired) electrons. The molecule has 0 unspecified atom stereocenters. The molecule has 20 heavy (non-hydrogen) atoms. The highest BCUT2D eigenvalue weighted by atomic mass is 15.2. The molecule has 3 heteroatoms. The van der Waals surface area contributed by atoms with Gasteiger partial charge in [-0.3, -0.25) is 0 Å². The van der Waals surface area contributed by atoms with E-state index in [2.05, 4.69) is 35.3 Å².